The van der Waals surface area contributed by atoms with Crippen molar-refractivity contribution in [1.29, 1.82) is 0 Å². The molecule has 1 aromatic heterocycles. The van der Waals surface area contributed by atoms with E-state index in [4.69, 9.17) is 13.9 Å². The van der Waals surface area contributed by atoms with Gasteiger partial charge in [0, 0.05) is 16.8 Å². The zero-order chi connectivity index (χ0) is 25.3. The van der Waals surface area contributed by atoms with Gasteiger partial charge in [-0.25, -0.2) is 9.82 Å². The maximum atomic E-state index is 13.0. The molecule has 2 N–H and O–H groups in total. The maximum absolute atomic E-state index is 13.0. The van der Waals surface area contributed by atoms with Crippen LogP contribution in [0.4, 0.5) is 10.1 Å². The van der Waals surface area contributed by atoms with Gasteiger partial charge in [0.25, 0.3) is 11.8 Å². The predicted octanol–water partition coefficient (Wildman–Crippen LogP) is 5.02. The highest BCUT2D eigenvalue weighted by molar-refractivity contribution is 6.05. The van der Waals surface area contributed by atoms with Crippen LogP contribution in [-0.2, 0) is 6.61 Å². The Balaban J connectivity index is 1.29. The van der Waals surface area contributed by atoms with Crippen LogP contribution in [0.5, 0.6) is 11.5 Å². The van der Waals surface area contributed by atoms with E-state index < -0.39 is 17.6 Å². The Bertz CT molecular complexity index is 1360. The van der Waals surface area contributed by atoms with E-state index in [1.165, 1.54) is 36.5 Å². The third-order valence-corrected chi connectivity index (χ3v) is 4.97. The normalized spacial score (nSPS) is 10.7. The predicted molar refractivity (Wildman–Crippen MR) is 132 cm³/mol. The van der Waals surface area contributed by atoms with Crippen molar-refractivity contribution in [3.8, 4) is 11.5 Å². The number of hydrogen-bond donors (Lipinski definition) is 2. The second-order valence-corrected chi connectivity index (χ2v) is 7.51. The standard InChI is InChI=1S/C27H22FN3O5/c1-34-22-9-11-23(12-10-22)35-17-25-14-13-24(36-25)16-29-31-27(33)19-3-2-4-21(15-19)30-26(32)18-5-7-20(28)8-6-18/h2-16H,17H2,1H3,(H,30,32)(H,31,33)/b29-16-. The van der Waals surface area contributed by atoms with Crippen LogP contribution in [0.25, 0.3) is 0 Å². The van der Waals surface area contributed by atoms with Crippen LogP contribution < -0.4 is 20.2 Å². The van der Waals surface area contributed by atoms with Crippen LogP contribution in [-0.4, -0.2) is 25.1 Å². The molecule has 36 heavy (non-hydrogen) atoms. The van der Waals surface area contributed by atoms with Crippen LogP contribution in [0.15, 0.2) is 94.4 Å². The number of carbonyl (C=O) groups excluding carboxylic acids is 2. The molecule has 4 aromatic rings. The fourth-order valence-electron chi connectivity index (χ4n) is 3.13. The molecular formula is C27H22FN3O5. The van der Waals surface area contributed by atoms with Crippen molar-refractivity contribution in [2.24, 2.45) is 5.10 Å². The molecule has 2 amide bonds. The lowest BCUT2D eigenvalue weighted by molar-refractivity contribution is 0.0953. The Kier molecular flexibility index (Phi) is 7.72. The van der Waals surface area contributed by atoms with Gasteiger partial charge in [0.05, 0.1) is 13.3 Å². The van der Waals surface area contributed by atoms with Crippen molar-refractivity contribution in [3.63, 3.8) is 0 Å². The molecule has 9 heteroatoms. The number of methoxy groups -OCH3 is 1. The molecule has 4 rings (SSSR count). The topological polar surface area (TPSA) is 102 Å². The molecule has 8 nitrogen and oxygen atoms in total. The van der Waals surface area contributed by atoms with Crippen molar-refractivity contribution in [2.75, 3.05) is 12.4 Å². The first-order valence-electron chi connectivity index (χ1n) is 10.9. The lowest BCUT2D eigenvalue weighted by Gasteiger charge is -2.07. The summed E-state index contributed by atoms with van der Waals surface area (Å²) in [6.45, 7) is 0.225. The molecule has 0 radical (unpaired) electrons. The Morgan fingerprint density at radius 1 is 0.917 bits per heavy atom. The summed E-state index contributed by atoms with van der Waals surface area (Å²) in [6.07, 6.45) is 1.37. The van der Waals surface area contributed by atoms with Gasteiger partial charge in [-0.2, -0.15) is 5.10 Å². The van der Waals surface area contributed by atoms with Gasteiger partial charge in [-0.15, -0.1) is 0 Å². The third-order valence-electron chi connectivity index (χ3n) is 4.97. The fraction of sp³-hybridized carbons (Fsp3) is 0.0741. The number of anilines is 1. The molecule has 0 saturated carbocycles. The van der Waals surface area contributed by atoms with Gasteiger partial charge in [-0.1, -0.05) is 6.07 Å². The van der Waals surface area contributed by atoms with E-state index in [9.17, 15) is 14.0 Å². The number of hydrogen-bond acceptors (Lipinski definition) is 6. The summed E-state index contributed by atoms with van der Waals surface area (Å²) in [4.78, 5) is 24.8. The Morgan fingerprint density at radius 2 is 1.67 bits per heavy atom. The number of halogens is 1. The van der Waals surface area contributed by atoms with Crippen LogP contribution in [0.2, 0.25) is 0 Å². The van der Waals surface area contributed by atoms with E-state index in [0.29, 0.717) is 28.5 Å². The number of rotatable bonds is 9. The molecule has 0 aliphatic carbocycles. The monoisotopic (exact) mass is 487 g/mol. The summed E-state index contributed by atoms with van der Waals surface area (Å²) >= 11 is 0. The van der Waals surface area contributed by atoms with Gasteiger partial charge in [0.1, 0.15) is 35.4 Å². The molecule has 1 heterocycles. The number of nitrogens with one attached hydrogen (secondary N) is 2. The van der Waals surface area contributed by atoms with Gasteiger partial charge in [-0.05, 0) is 78.9 Å². The molecule has 3 aromatic carbocycles. The summed E-state index contributed by atoms with van der Waals surface area (Å²) in [5, 5.41) is 6.59. The zero-order valence-electron chi connectivity index (χ0n) is 19.2. The fourth-order valence-corrected chi connectivity index (χ4v) is 3.13. The van der Waals surface area contributed by atoms with Crippen molar-refractivity contribution < 1.29 is 27.9 Å². The van der Waals surface area contributed by atoms with E-state index in [1.54, 1.807) is 61.7 Å². The van der Waals surface area contributed by atoms with Gasteiger partial charge in [-0.3, -0.25) is 9.59 Å². The smallest absolute Gasteiger partial charge is 0.271 e. The molecule has 0 saturated heterocycles. The highest BCUT2D eigenvalue weighted by Gasteiger charge is 2.09. The first kappa shape index (κ1) is 24.2. The molecule has 0 aliphatic rings. The quantitative estimate of drug-likeness (QED) is 0.255. The molecular weight excluding hydrogens is 465 g/mol. The van der Waals surface area contributed by atoms with Gasteiger partial charge in [0.2, 0.25) is 0 Å². The average Bonchev–Trinajstić information content (AvgIpc) is 3.36. The molecule has 0 spiro atoms. The first-order valence-corrected chi connectivity index (χ1v) is 10.9. The molecule has 0 fully saturated rings. The number of hydrazone groups is 1. The summed E-state index contributed by atoms with van der Waals surface area (Å²) in [5.41, 5.74) is 3.41. The van der Waals surface area contributed by atoms with E-state index in [1.807, 2.05) is 0 Å². The van der Waals surface area contributed by atoms with Crippen molar-refractivity contribution in [1.82, 2.24) is 5.43 Å². The number of carbonyl (C=O) groups is 2. The van der Waals surface area contributed by atoms with Crippen LogP contribution in [0.1, 0.15) is 32.2 Å². The Labute approximate surface area is 206 Å². The summed E-state index contributed by atoms with van der Waals surface area (Å²) in [7, 11) is 1.60. The van der Waals surface area contributed by atoms with E-state index in [-0.39, 0.29) is 12.2 Å². The Morgan fingerprint density at radius 3 is 2.42 bits per heavy atom. The number of furan rings is 1. The lowest BCUT2D eigenvalue weighted by atomic mass is 10.1. The van der Waals surface area contributed by atoms with Crippen molar-refractivity contribution >= 4 is 23.7 Å². The largest absolute Gasteiger partial charge is 0.497 e. The minimum atomic E-state index is -0.473. The molecule has 0 bridgehead atoms. The van der Waals surface area contributed by atoms with Crippen molar-refractivity contribution in [3.05, 3.63) is 113 Å². The minimum absolute atomic E-state index is 0.225. The van der Waals surface area contributed by atoms with Gasteiger partial charge < -0.3 is 19.2 Å². The number of ether oxygens (including phenoxy) is 2. The SMILES string of the molecule is COc1ccc(OCc2ccc(/C=N\NC(=O)c3cccc(NC(=O)c4ccc(F)cc4)c3)o2)cc1. The number of benzene rings is 3. The second kappa shape index (κ2) is 11.5. The summed E-state index contributed by atoms with van der Waals surface area (Å²) in [6, 6.07) is 22.1. The van der Waals surface area contributed by atoms with Crippen molar-refractivity contribution in [2.45, 2.75) is 6.61 Å². The van der Waals surface area contributed by atoms with E-state index >= 15 is 0 Å². The van der Waals surface area contributed by atoms with Crippen LogP contribution in [0, 0.1) is 5.82 Å². The third kappa shape index (κ3) is 6.57. The average molecular weight is 487 g/mol. The minimum Gasteiger partial charge on any atom is -0.497 e. The molecule has 182 valence electrons. The zero-order valence-corrected chi connectivity index (χ0v) is 19.2. The number of nitrogens with zero attached hydrogens (tertiary/aromatic N) is 1. The highest BCUT2D eigenvalue weighted by atomic mass is 19.1. The van der Waals surface area contributed by atoms with Gasteiger partial charge in [0.15, 0.2) is 0 Å². The summed E-state index contributed by atoms with van der Waals surface area (Å²) in [5.74, 6) is 1.10. The number of amides is 2. The maximum Gasteiger partial charge on any atom is 0.271 e. The van der Waals surface area contributed by atoms with Crippen LogP contribution in [0.3, 0.4) is 0 Å². The van der Waals surface area contributed by atoms with Crippen LogP contribution >= 0.6 is 0 Å². The van der Waals surface area contributed by atoms with Gasteiger partial charge >= 0.3 is 0 Å². The molecule has 0 aliphatic heterocycles. The lowest BCUT2D eigenvalue weighted by Crippen LogP contribution is -2.18. The molecule has 0 unspecified atom stereocenters. The first-order chi connectivity index (χ1) is 17.5. The summed E-state index contributed by atoms with van der Waals surface area (Å²) < 4.78 is 29.5. The highest BCUT2D eigenvalue weighted by Crippen LogP contribution is 2.19. The van der Waals surface area contributed by atoms with E-state index in [2.05, 4.69) is 15.8 Å². The van der Waals surface area contributed by atoms with E-state index in [0.717, 1.165) is 5.75 Å². The Hall–Kier alpha value is -4.92. The molecule has 0 atom stereocenters. The second-order valence-electron chi connectivity index (χ2n) is 7.51.